The molecule has 10 heteroatoms. The second kappa shape index (κ2) is 10.6. The maximum atomic E-state index is 12.8. The van der Waals surface area contributed by atoms with Gasteiger partial charge in [0.15, 0.2) is 5.69 Å². The summed E-state index contributed by atoms with van der Waals surface area (Å²) in [5.41, 5.74) is 1.76. The third-order valence-electron chi connectivity index (χ3n) is 5.49. The maximum absolute atomic E-state index is 12.8. The number of ether oxygens (including phenoxy) is 1. The summed E-state index contributed by atoms with van der Waals surface area (Å²) in [6.07, 6.45) is 2.78. The number of amides is 2. The molecule has 5 rings (SSSR count). The lowest BCUT2D eigenvalue weighted by molar-refractivity contribution is 0.0476. The van der Waals surface area contributed by atoms with Gasteiger partial charge in [-0.25, -0.2) is 19.7 Å². The Hall–Kier alpha value is -3.56. The van der Waals surface area contributed by atoms with Crippen LogP contribution in [-0.2, 0) is 4.74 Å². The lowest BCUT2D eigenvalue weighted by atomic mass is 10.2. The molecular formula is C24H25ClN6O3. The van der Waals surface area contributed by atoms with Crippen LogP contribution in [0.15, 0.2) is 61.1 Å². The Labute approximate surface area is 203 Å². The molecule has 3 aromatic rings. The first-order valence-corrected chi connectivity index (χ1v) is 11.2. The highest BCUT2D eigenvalue weighted by Gasteiger charge is 2.44. The summed E-state index contributed by atoms with van der Waals surface area (Å²) in [6.45, 7) is 4.72. The highest BCUT2D eigenvalue weighted by atomic mass is 35.5. The number of aromatic nitrogens is 3. The van der Waals surface area contributed by atoms with E-state index >= 15 is 0 Å². The highest BCUT2D eigenvalue weighted by Crippen LogP contribution is 2.35. The number of halogens is 1. The van der Waals surface area contributed by atoms with E-state index in [2.05, 4.69) is 38.9 Å². The molecule has 2 aliphatic rings. The van der Waals surface area contributed by atoms with Gasteiger partial charge >= 0.3 is 6.09 Å². The van der Waals surface area contributed by atoms with Gasteiger partial charge in [-0.1, -0.05) is 47.5 Å². The largest absolute Gasteiger partial charge is 0.419 e. The fourth-order valence-corrected chi connectivity index (χ4v) is 3.69. The van der Waals surface area contributed by atoms with E-state index in [9.17, 15) is 9.59 Å². The topological polar surface area (TPSA) is 91.8 Å². The summed E-state index contributed by atoms with van der Waals surface area (Å²) in [5.74, 6) is -0.121. The molecule has 34 heavy (non-hydrogen) atoms. The first-order valence-electron chi connectivity index (χ1n) is 10.9. The van der Waals surface area contributed by atoms with E-state index in [0.717, 1.165) is 13.1 Å². The summed E-state index contributed by atoms with van der Waals surface area (Å²) in [4.78, 5) is 43.0. The summed E-state index contributed by atoms with van der Waals surface area (Å²) in [6, 6.07) is 13.5. The second-order valence-corrected chi connectivity index (χ2v) is 8.42. The Morgan fingerprint density at radius 2 is 1.71 bits per heavy atom. The van der Waals surface area contributed by atoms with Crippen LogP contribution in [0.1, 0.15) is 28.0 Å². The van der Waals surface area contributed by atoms with Crippen LogP contribution >= 0.6 is 11.6 Å². The predicted molar refractivity (Wildman–Crippen MR) is 128 cm³/mol. The quantitative estimate of drug-likeness (QED) is 0.553. The van der Waals surface area contributed by atoms with Gasteiger partial charge in [-0.3, -0.25) is 9.78 Å². The minimum Gasteiger partial charge on any atom is -0.419 e. The number of piperazine rings is 1. The summed E-state index contributed by atoms with van der Waals surface area (Å²) in [5, 5.41) is 0.435. The van der Waals surface area contributed by atoms with Crippen molar-refractivity contribution in [1.29, 1.82) is 0 Å². The molecule has 1 saturated heterocycles. The number of nitrogens with zero attached hydrogens (tertiary/aromatic N) is 6. The van der Waals surface area contributed by atoms with Gasteiger partial charge in [0.05, 0.1) is 5.02 Å². The number of fused-ring (bicyclic) bond motifs is 1. The molecule has 0 N–H and O–H groups in total. The lowest BCUT2D eigenvalue weighted by Crippen LogP contribution is -2.48. The van der Waals surface area contributed by atoms with Crippen molar-refractivity contribution >= 4 is 29.4 Å². The van der Waals surface area contributed by atoms with Gasteiger partial charge in [0.2, 0.25) is 6.23 Å². The highest BCUT2D eigenvalue weighted by molar-refractivity contribution is 6.30. The number of hydrogen-bond donors (Lipinski definition) is 0. The molecule has 2 aromatic heterocycles. The van der Waals surface area contributed by atoms with Crippen LogP contribution in [0.3, 0.4) is 0 Å². The smallest absolute Gasteiger partial charge is 0.412 e. The van der Waals surface area contributed by atoms with Crippen LogP contribution in [0, 0.1) is 6.92 Å². The predicted octanol–water partition coefficient (Wildman–Crippen LogP) is 3.56. The number of benzene rings is 1. The molecule has 0 aliphatic carbocycles. The van der Waals surface area contributed by atoms with Crippen LogP contribution in [0.4, 0.5) is 10.6 Å². The standard InChI is InChI=1S/C17H17ClN6O3.C7H8/c1-22-6-8-23(9-7-22)17(26)27-16-14-13(19-4-5-20-14)15(25)24(16)12-3-2-11(18)10-21-12;1-7-5-3-2-4-6-7/h2-5,10,16H,6-9H2,1H3;2-6H,1H3. The van der Waals surface area contributed by atoms with Gasteiger partial charge in [0.1, 0.15) is 11.5 Å². The van der Waals surface area contributed by atoms with Crippen LogP contribution in [0.2, 0.25) is 5.02 Å². The molecule has 0 saturated carbocycles. The Morgan fingerprint density at radius 3 is 2.32 bits per heavy atom. The zero-order chi connectivity index (χ0) is 24.1. The SMILES string of the molecule is CN1CCN(C(=O)OC2c3nccnc3C(=O)N2c2ccc(Cl)cn2)CC1.Cc1ccccc1. The van der Waals surface area contributed by atoms with Crippen LogP contribution in [0.5, 0.6) is 0 Å². The summed E-state index contributed by atoms with van der Waals surface area (Å²) in [7, 11) is 2.00. The summed E-state index contributed by atoms with van der Waals surface area (Å²) < 4.78 is 5.68. The van der Waals surface area contributed by atoms with E-state index in [4.69, 9.17) is 16.3 Å². The van der Waals surface area contributed by atoms with Gasteiger partial charge in [-0.05, 0) is 26.1 Å². The minimum absolute atomic E-state index is 0.144. The molecule has 176 valence electrons. The fourth-order valence-electron chi connectivity index (χ4n) is 3.57. The van der Waals surface area contributed by atoms with Crippen LogP contribution in [-0.4, -0.2) is 70.0 Å². The normalized spacial score (nSPS) is 17.6. The van der Waals surface area contributed by atoms with E-state index in [1.807, 2.05) is 25.2 Å². The first kappa shape index (κ1) is 23.6. The van der Waals surface area contributed by atoms with Gasteiger partial charge in [0, 0.05) is 44.8 Å². The number of anilines is 1. The van der Waals surface area contributed by atoms with Gasteiger partial charge in [0.25, 0.3) is 5.91 Å². The molecule has 4 heterocycles. The number of likely N-dealkylation sites (N-methyl/N-ethyl adjacent to an activating group) is 1. The Balaban J connectivity index is 0.000000336. The van der Waals surface area contributed by atoms with Crippen molar-refractivity contribution in [2.75, 3.05) is 38.1 Å². The van der Waals surface area contributed by atoms with E-state index in [0.29, 0.717) is 29.6 Å². The third kappa shape index (κ3) is 5.32. The molecule has 1 fully saturated rings. The maximum Gasteiger partial charge on any atom is 0.412 e. The Morgan fingerprint density at radius 1 is 1.00 bits per heavy atom. The molecule has 2 amide bonds. The first-order chi connectivity index (χ1) is 16.4. The van der Waals surface area contributed by atoms with Crippen molar-refractivity contribution in [3.05, 3.63) is 83.0 Å². The van der Waals surface area contributed by atoms with E-state index in [-0.39, 0.29) is 5.69 Å². The molecule has 1 unspecified atom stereocenters. The van der Waals surface area contributed by atoms with Crippen LogP contribution in [0.25, 0.3) is 0 Å². The second-order valence-electron chi connectivity index (χ2n) is 7.98. The molecule has 1 atom stereocenters. The number of carbonyl (C=O) groups excluding carboxylic acids is 2. The van der Waals surface area contributed by atoms with Crippen molar-refractivity contribution in [1.82, 2.24) is 24.8 Å². The number of rotatable bonds is 2. The van der Waals surface area contributed by atoms with Gasteiger partial charge in [-0.2, -0.15) is 0 Å². The van der Waals surface area contributed by atoms with Gasteiger partial charge < -0.3 is 14.5 Å². The Kier molecular flexibility index (Phi) is 7.34. The molecule has 0 radical (unpaired) electrons. The molecule has 2 aliphatic heterocycles. The Bertz CT molecular complexity index is 1140. The van der Waals surface area contributed by atoms with Crippen molar-refractivity contribution < 1.29 is 14.3 Å². The molecule has 1 aromatic carbocycles. The fraction of sp³-hybridized carbons (Fsp3) is 0.292. The van der Waals surface area contributed by atoms with Crippen LogP contribution < -0.4 is 4.90 Å². The van der Waals surface area contributed by atoms with E-state index in [1.54, 1.807) is 17.0 Å². The zero-order valence-corrected chi connectivity index (χ0v) is 19.7. The van der Waals surface area contributed by atoms with Crippen molar-refractivity contribution in [3.8, 4) is 0 Å². The molecule has 9 nitrogen and oxygen atoms in total. The number of carbonyl (C=O) groups is 2. The van der Waals surface area contributed by atoms with Crippen molar-refractivity contribution in [2.45, 2.75) is 13.2 Å². The van der Waals surface area contributed by atoms with Crippen molar-refractivity contribution in [2.24, 2.45) is 0 Å². The number of pyridine rings is 1. The summed E-state index contributed by atoms with van der Waals surface area (Å²) >= 11 is 5.89. The molecular weight excluding hydrogens is 456 g/mol. The zero-order valence-electron chi connectivity index (χ0n) is 19.0. The molecule has 0 spiro atoms. The van der Waals surface area contributed by atoms with Crippen molar-refractivity contribution in [3.63, 3.8) is 0 Å². The number of aryl methyl sites for hydroxylation is 1. The minimum atomic E-state index is -1.03. The lowest BCUT2D eigenvalue weighted by Gasteiger charge is -2.33. The number of hydrogen-bond acceptors (Lipinski definition) is 7. The van der Waals surface area contributed by atoms with Gasteiger partial charge in [-0.15, -0.1) is 0 Å². The molecule has 0 bridgehead atoms. The average Bonchev–Trinajstić information content (AvgIpc) is 3.12. The monoisotopic (exact) mass is 480 g/mol. The van der Waals surface area contributed by atoms with E-state index < -0.39 is 18.2 Å². The van der Waals surface area contributed by atoms with E-state index in [1.165, 1.54) is 29.1 Å². The average molecular weight is 481 g/mol. The third-order valence-corrected chi connectivity index (χ3v) is 5.71.